The highest BCUT2D eigenvalue weighted by molar-refractivity contribution is 9.10. The molecule has 2 aromatic rings. The lowest BCUT2D eigenvalue weighted by atomic mass is 10.2. The molecule has 8 heteroatoms. The van der Waals surface area contributed by atoms with Crippen LogP contribution in [0, 0.1) is 6.92 Å². The fraction of sp³-hybridized carbons (Fsp3) is 0.286. The standard InChI is InChI=1S/C14H13BrN4O3/c1-8-11(12(20)16-14(5-6-14)13(21)22)17-18-19(8)10-4-2-3-9(15)7-10/h2-4,7H,5-6H2,1H3,(H,16,20)(H,21,22). The molecule has 0 spiro atoms. The fourth-order valence-corrected chi connectivity index (χ4v) is 2.57. The summed E-state index contributed by atoms with van der Waals surface area (Å²) in [6, 6.07) is 7.42. The summed E-state index contributed by atoms with van der Waals surface area (Å²) < 4.78 is 2.42. The number of aromatic nitrogens is 3. The number of carboxylic acid groups (broad SMARTS) is 1. The minimum absolute atomic E-state index is 0.132. The van der Waals surface area contributed by atoms with Gasteiger partial charge in [-0.05, 0) is 38.0 Å². The van der Waals surface area contributed by atoms with E-state index in [2.05, 4.69) is 31.6 Å². The van der Waals surface area contributed by atoms with E-state index in [1.165, 1.54) is 0 Å². The van der Waals surface area contributed by atoms with E-state index in [-0.39, 0.29) is 5.69 Å². The molecule has 1 aliphatic carbocycles. The van der Waals surface area contributed by atoms with E-state index in [9.17, 15) is 9.59 Å². The van der Waals surface area contributed by atoms with Crippen molar-refractivity contribution in [1.82, 2.24) is 20.3 Å². The normalized spacial score (nSPS) is 15.4. The highest BCUT2D eigenvalue weighted by Gasteiger charge is 2.52. The number of rotatable bonds is 4. The first kappa shape index (κ1) is 14.7. The zero-order valence-electron chi connectivity index (χ0n) is 11.7. The van der Waals surface area contributed by atoms with Gasteiger partial charge < -0.3 is 10.4 Å². The summed E-state index contributed by atoms with van der Waals surface area (Å²) in [4.78, 5) is 23.4. The average molecular weight is 365 g/mol. The molecule has 0 bridgehead atoms. The van der Waals surface area contributed by atoms with Gasteiger partial charge in [0.05, 0.1) is 11.4 Å². The van der Waals surface area contributed by atoms with Crippen molar-refractivity contribution in [1.29, 1.82) is 0 Å². The Morgan fingerprint density at radius 3 is 2.73 bits per heavy atom. The van der Waals surface area contributed by atoms with Crippen molar-refractivity contribution in [2.24, 2.45) is 0 Å². The van der Waals surface area contributed by atoms with Crippen LogP contribution in [0.5, 0.6) is 0 Å². The van der Waals surface area contributed by atoms with Crippen LogP contribution in [0.15, 0.2) is 28.7 Å². The Bertz CT molecular complexity index is 767. The largest absolute Gasteiger partial charge is 0.480 e. The molecule has 22 heavy (non-hydrogen) atoms. The van der Waals surface area contributed by atoms with Gasteiger partial charge in [0, 0.05) is 4.47 Å². The molecular weight excluding hydrogens is 352 g/mol. The second kappa shape index (κ2) is 5.20. The molecule has 1 fully saturated rings. The third kappa shape index (κ3) is 2.50. The fourth-order valence-electron chi connectivity index (χ4n) is 2.19. The average Bonchev–Trinajstić information content (AvgIpc) is 3.14. The molecule has 0 unspecified atom stereocenters. The van der Waals surface area contributed by atoms with Crippen LogP contribution >= 0.6 is 15.9 Å². The Balaban J connectivity index is 1.88. The Morgan fingerprint density at radius 2 is 2.14 bits per heavy atom. The van der Waals surface area contributed by atoms with Gasteiger partial charge in [0.15, 0.2) is 5.69 Å². The van der Waals surface area contributed by atoms with E-state index in [0.29, 0.717) is 18.5 Å². The molecule has 0 aliphatic heterocycles. The molecular formula is C14H13BrN4O3. The number of amides is 1. The molecule has 1 saturated carbocycles. The first-order chi connectivity index (χ1) is 10.4. The van der Waals surface area contributed by atoms with Crippen molar-refractivity contribution in [3.8, 4) is 5.69 Å². The summed E-state index contributed by atoms with van der Waals surface area (Å²) in [5, 5.41) is 19.5. The number of carbonyl (C=O) groups excluding carboxylic acids is 1. The molecule has 0 atom stereocenters. The molecule has 3 rings (SSSR count). The summed E-state index contributed by atoms with van der Waals surface area (Å²) in [6.45, 7) is 1.72. The Labute approximate surface area is 134 Å². The molecule has 7 nitrogen and oxygen atoms in total. The van der Waals surface area contributed by atoms with Gasteiger partial charge in [-0.25, -0.2) is 9.48 Å². The predicted molar refractivity (Wildman–Crippen MR) is 80.9 cm³/mol. The van der Waals surface area contributed by atoms with E-state index < -0.39 is 17.4 Å². The second-order valence-electron chi connectivity index (χ2n) is 5.26. The van der Waals surface area contributed by atoms with Crippen molar-refractivity contribution in [3.63, 3.8) is 0 Å². The Hall–Kier alpha value is -2.22. The molecule has 1 aliphatic rings. The molecule has 1 amide bonds. The van der Waals surface area contributed by atoms with Crippen LogP contribution in [0.2, 0.25) is 0 Å². The van der Waals surface area contributed by atoms with Crippen molar-refractivity contribution in [2.75, 3.05) is 0 Å². The van der Waals surface area contributed by atoms with Crippen LogP contribution in [0.4, 0.5) is 0 Å². The van der Waals surface area contributed by atoms with Crippen molar-refractivity contribution < 1.29 is 14.7 Å². The SMILES string of the molecule is Cc1c(C(=O)NC2(C(=O)O)CC2)nnn1-c1cccc(Br)c1. The van der Waals surface area contributed by atoms with Gasteiger partial charge in [0.1, 0.15) is 5.54 Å². The van der Waals surface area contributed by atoms with Gasteiger partial charge >= 0.3 is 5.97 Å². The molecule has 1 heterocycles. The molecule has 1 aromatic carbocycles. The number of nitrogens with one attached hydrogen (secondary N) is 1. The van der Waals surface area contributed by atoms with Gasteiger partial charge in [0.25, 0.3) is 5.91 Å². The number of nitrogens with zero attached hydrogens (tertiary/aromatic N) is 3. The van der Waals surface area contributed by atoms with E-state index in [1.54, 1.807) is 11.6 Å². The molecule has 0 radical (unpaired) electrons. The van der Waals surface area contributed by atoms with E-state index in [1.807, 2.05) is 24.3 Å². The van der Waals surface area contributed by atoms with E-state index in [4.69, 9.17) is 5.11 Å². The quantitative estimate of drug-likeness (QED) is 0.860. The highest BCUT2D eigenvalue weighted by Crippen LogP contribution is 2.35. The predicted octanol–water partition coefficient (Wildman–Crippen LogP) is 1.69. The summed E-state index contributed by atoms with van der Waals surface area (Å²) in [5.41, 5.74) is 0.311. The van der Waals surface area contributed by atoms with Crippen LogP contribution in [0.3, 0.4) is 0 Å². The minimum atomic E-state index is -1.14. The Kier molecular flexibility index (Phi) is 3.48. The number of benzene rings is 1. The number of hydrogen-bond donors (Lipinski definition) is 2. The smallest absolute Gasteiger partial charge is 0.329 e. The van der Waals surface area contributed by atoms with Crippen LogP contribution < -0.4 is 5.32 Å². The number of hydrogen-bond acceptors (Lipinski definition) is 4. The third-order valence-corrected chi connectivity index (χ3v) is 4.17. The van der Waals surface area contributed by atoms with Gasteiger partial charge in [-0.15, -0.1) is 5.10 Å². The molecule has 2 N–H and O–H groups in total. The molecule has 1 aromatic heterocycles. The Morgan fingerprint density at radius 1 is 1.41 bits per heavy atom. The maximum Gasteiger partial charge on any atom is 0.329 e. The number of aliphatic carboxylic acids is 1. The lowest BCUT2D eigenvalue weighted by Gasteiger charge is -2.11. The van der Waals surface area contributed by atoms with Crippen molar-refractivity contribution in [2.45, 2.75) is 25.3 Å². The van der Waals surface area contributed by atoms with Crippen LogP contribution in [0.1, 0.15) is 29.0 Å². The van der Waals surface area contributed by atoms with Gasteiger partial charge in [0.2, 0.25) is 0 Å². The number of halogens is 1. The highest BCUT2D eigenvalue weighted by atomic mass is 79.9. The van der Waals surface area contributed by atoms with Gasteiger partial charge in [-0.3, -0.25) is 4.79 Å². The number of carboxylic acids is 1. The van der Waals surface area contributed by atoms with Gasteiger partial charge in [-0.2, -0.15) is 0 Å². The van der Waals surface area contributed by atoms with Crippen LogP contribution in [-0.2, 0) is 4.79 Å². The lowest BCUT2D eigenvalue weighted by molar-refractivity contribution is -0.140. The maximum absolute atomic E-state index is 12.2. The van der Waals surface area contributed by atoms with Crippen LogP contribution in [-0.4, -0.2) is 37.5 Å². The zero-order valence-corrected chi connectivity index (χ0v) is 13.3. The molecule has 0 saturated heterocycles. The summed E-state index contributed by atoms with van der Waals surface area (Å²) >= 11 is 3.38. The van der Waals surface area contributed by atoms with Crippen molar-refractivity contribution in [3.05, 3.63) is 40.1 Å². The monoisotopic (exact) mass is 364 g/mol. The second-order valence-corrected chi connectivity index (χ2v) is 6.17. The van der Waals surface area contributed by atoms with Gasteiger partial charge in [-0.1, -0.05) is 27.2 Å². The summed E-state index contributed by atoms with van der Waals surface area (Å²) in [7, 11) is 0. The van der Waals surface area contributed by atoms with Crippen molar-refractivity contribution >= 4 is 27.8 Å². The first-order valence-corrected chi connectivity index (χ1v) is 7.46. The summed E-state index contributed by atoms with van der Waals surface area (Å²) in [6.07, 6.45) is 0.875. The van der Waals surface area contributed by atoms with E-state index in [0.717, 1.165) is 10.2 Å². The topological polar surface area (TPSA) is 97.1 Å². The minimum Gasteiger partial charge on any atom is -0.480 e. The zero-order chi connectivity index (χ0) is 15.9. The van der Waals surface area contributed by atoms with E-state index >= 15 is 0 Å². The summed E-state index contributed by atoms with van der Waals surface area (Å²) in [5.74, 6) is -1.53. The maximum atomic E-state index is 12.2. The van der Waals surface area contributed by atoms with Crippen LogP contribution in [0.25, 0.3) is 5.69 Å². The first-order valence-electron chi connectivity index (χ1n) is 6.67. The third-order valence-electron chi connectivity index (χ3n) is 3.67. The number of carbonyl (C=O) groups is 2. The molecule has 114 valence electrons. The lowest BCUT2D eigenvalue weighted by Crippen LogP contribution is -2.43.